The maximum Gasteiger partial charge on any atom is 0.262 e. The summed E-state index contributed by atoms with van der Waals surface area (Å²) in [4.78, 5) is 0.186. The van der Waals surface area contributed by atoms with Crippen LogP contribution in [-0.2, 0) is 10.0 Å². The maximum atomic E-state index is 12.8. The number of benzene rings is 2. The number of sulfonamides is 1. The second-order valence-electron chi connectivity index (χ2n) is 5.19. The number of rotatable bonds is 6. The first-order valence-corrected chi connectivity index (χ1v) is 9.25. The van der Waals surface area contributed by atoms with E-state index in [0.29, 0.717) is 28.7 Å². The molecular formula is C17H20ClNO4S. The molecule has 0 saturated carbocycles. The molecule has 130 valence electrons. The minimum atomic E-state index is -3.79. The number of halogens is 1. The van der Waals surface area contributed by atoms with Crippen LogP contribution in [0.1, 0.15) is 18.1 Å². The van der Waals surface area contributed by atoms with Crippen LogP contribution in [0.2, 0.25) is 5.02 Å². The second kappa shape index (κ2) is 7.32. The Hall–Kier alpha value is -1.92. The van der Waals surface area contributed by atoms with E-state index >= 15 is 0 Å². The molecule has 0 saturated heterocycles. The summed E-state index contributed by atoms with van der Waals surface area (Å²) in [6, 6.07) is 7.94. The zero-order valence-electron chi connectivity index (χ0n) is 14.0. The van der Waals surface area contributed by atoms with E-state index in [4.69, 9.17) is 21.1 Å². The lowest BCUT2D eigenvalue weighted by atomic mass is 10.1. The minimum Gasteiger partial charge on any atom is -0.495 e. The molecule has 0 aliphatic carbocycles. The summed E-state index contributed by atoms with van der Waals surface area (Å²) < 4.78 is 38.8. The zero-order valence-corrected chi connectivity index (χ0v) is 15.6. The van der Waals surface area contributed by atoms with E-state index in [1.54, 1.807) is 25.1 Å². The van der Waals surface area contributed by atoms with Crippen LogP contribution < -0.4 is 14.2 Å². The van der Waals surface area contributed by atoms with Crippen molar-refractivity contribution >= 4 is 27.3 Å². The van der Waals surface area contributed by atoms with Crippen molar-refractivity contribution in [3.63, 3.8) is 0 Å². The summed E-state index contributed by atoms with van der Waals surface area (Å²) in [5, 5.41) is 0.410. The molecule has 0 bridgehead atoms. The molecule has 0 aliphatic heterocycles. The van der Waals surface area contributed by atoms with Crippen molar-refractivity contribution in [1.82, 2.24) is 0 Å². The first-order chi connectivity index (χ1) is 11.3. The number of anilines is 1. The Balaban J connectivity index is 2.45. The van der Waals surface area contributed by atoms with Crippen LogP contribution in [0.5, 0.6) is 11.5 Å². The molecule has 0 spiro atoms. The molecule has 0 heterocycles. The zero-order chi connectivity index (χ0) is 17.9. The second-order valence-corrected chi connectivity index (χ2v) is 7.28. The number of methoxy groups -OCH3 is 1. The highest BCUT2D eigenvalue weighted by molar-refractivity contribution is 7.92. The SMILES string of the molecule is CCOc1ccc(S(=O)(=O)Nc2cc(Cl)ccc2OC)c(C)c1C. The molecule has 2 aromatic rings. The van der Waals surface area contributed by atoms with E-state index in [-0.39, 0.29) is 10.6 Å². The van der Waals surface area contributed by atoms with Crippen molar-refractivity contribution in [2.75, 3.05) is 18.4 Å². The van der Waals surface area contributed by atoms with Crippen molar-refractivity contribution < 1.29 is 17.9 Å². The van der Waals surface area contributed by atoms with Gasteiger partial charge in [0.1, 0.15) is 11.5 Å². The predicted octanol–water partition coefficient (Wildman–Crippen LogP) is 4.16. The summed E-state index contributed by atoms with van der Waals surface area (Å²) in [7, 11) is -2.33. The predicted molar refractivity (Wildman–Crippen MR) is 95.9 cm³/mol. The molecule has 0 amide bonds. The van der Waals surface area contributed by atoms with Crippen molar-refractivity contribution in [3.8, 4) is 11.5 Å². The fourth-order valence-corrected chi connectivity index (χ4v) is 3.87. The van der Waals surface area contributed by atoms with Gasteiger partial charge in [0, 0.05) is 5.02 Å². The molecule has 5 nitrogen and oxygen atoms in total. The summed E-state index contributed by atoms with van der Waals surface area (Å²) in [6.07, 6.45) is 0. The van der Waals surface area contributed by atoms with Gasteiger partial charge in [-0.05, 0) is 62.2 Å². The Bertz CT molecular complexity index is 850. The normalized spacial score (nSPS) is 11.2. The highest BCUT2D eigenvalue weighted by Crippen LogP contribution is 2.32. The Morgan fingerprint density at radius 1 is 1.08 bits per heavy atom. The molecule has 0 unspecified atom stereocenters. The van der Waals surface area contributed by atoms with Gasteiger partial charge in [-0.1, -0.05) is 11.6 Å². The molecule has 7 heteroatoms. The molecule has 0 aliphatic rings. The molecule has 0 radical (unpaired) electrons. The van der Waals surface area contributed by atoms with Gasteiger partial charge in [-0.15, -0.1) is 0 Å². The smallest absolute Gasteiger partial charge is 0.262 e. The molecule has 2 rings (SSSR count). The van der Waals surface area contributed by atoms with Crippen LogP contribution in [0.4, 0.5) is 5.69 Å². The van der Waals surface area contributed by atoms with Gasteiger partial charge in [-0.3, -0.25) is 4.72 Å². The Kier molecular flexibility index (Phi) is 5.62. The maximum absolute atomic E-state index is 12.8. The van der Waals surface area contributed by atoms with E-state index in [0.717, 1.165) is 5.56 Å². The third-order valence-electron chi connectivity index (χ3n) is 3.68. The third-order valence-corrected chi connectivity index (χ3v) is 5.43. The first kappa shape index (κ1) is 18.4. The molecule has 0 aromatic heterocycles. The van der Waals surface area contributed by atoms with Gasteiger partial charge in [0.25, 0.3) is 10.0 Å². The van der Waals surface area contributed by atoms with Gasteiger partial charge in [0.15, 0.2) is 0 Å². The summed E-state index contributed by atoms with van der Waals surface area (Å²) in [6.45, 7) is 5.98. The topological polar surface area (TPSA) is 64.6 Å². The summed E-state index contributed by atoms with van der Waals surface area (Å²) in [5.41, 5.74) is 1.71. The minimum absolute atomic E-state index is 0.186. The van der Waals surface area contributed by atoms with E-state index < -0.39 is 10.0 Å². The lowest BCUT2D eigenvalue weighted by Gasteiger charge is -2.16. The third kappa shape index (κ3) is 3.76. The lowest BCUT2D eigenvalue weighted by molar-refractivity contribution is 0.337. The molecule has 2 aromatic carbocycles. The average Bonchev–Trinajstić information content (AvgIpc) is 2.51. The van der Waals surface area contributed by atoms with Gasteiger partial charge >= 0.3 is 0 Å². The van der Waals surface area contributed by atoms with E-state index in [1.165, 1.54) is 19.2 Å². The van der Waals surface area contributed by atoms with Crippen molar-refractivity contribution in [2.45, 2.75) is 25.7 Å². The van der Waals surface area contributed by atoms with Crippen LogP contribution in [-0.4, -0.2) is 22.1 Å². The van der Waals surface area contributed by atoms with Crippen LogP contribution in [0.3, 0.4) is 0 Å². The highest BCUT2D eigenvalue weighted by Gasteiger charge is 2.21. The Labute approximate surface area is 147 Å². The molecule has 0 fully saturated rings. The monoisotopic (exact) mass is 369 g/mol. The van der Waals surface area contributed by atoms with Crippen LogP contribution in [0, 0.1) is 13.8 Å². The molecule has 0 atom stereocenters. The van der Waals surface area contributed by atoms with Gasteiger partial charge in [-0.2, -0.15) is 0 Å². The number of nitrogens with one attached hydrogen (secondary N) is 1. The van der Waals surface area contributed by atoms with Gasteiger partial charge in [-0.25, -0.2) is 8.42 Å². The van der Waals surface area contributed by atoms with Crippen molar-refractivity contribution in [2.24, 2.45) is 0 Å². The molecule has 24 heavy (non-hydrogen) atoms. The Morgan fingerprint density at radius 2 is 1.75 bits per heavy atom. The highest BCUT2D eigenvalue weighted by atomic mass is 35.5. The van der Waals surface area contributed by atoms with Crippen molar-refractivity contribution in [3.05, 3.63) is 46.5 Å². The largest absolute Gasteiger partial charge is 0.495 e. The number of hydrogen-bond acceptors (Lipinski definition) is 4. The fourth-order valence-electron chi connectivity index (χ4n) is 2.33. The first-order valence-electron chi connectivity index (χ1n) is 7.39. The number of hydrogen-bond donors (Lipinski definition) is 1. The fraction of sp³-hybridized carbons (Fsp3) is 0.294. The quantitative estimate of drug-likeness (QED) is 0.830. The van der Waals surface area contributed by atoms with E-state index in [2.05, 4.69) is 4.72 Å². The lowest BCUT2D eigenvalue weighted by Crippen LogP contribution is -2.15. The van der Waals surface area contributed by atoms with E-state index in [1.807, 2.05) is 13.8 Å². The van der Waals surface area contributed by atoms with Crippen molar-refractivity contribution in [1.29, 1.82) is 0 Å². The Morgan fingerprint density at radius 3 is 2.38 bits per heavy atom. The number of ether oxygens (including phenoxy) is 2. The summed E-state index contributed by atoms with van der Waals surface area (Å²) in [5.74, 6) is 1.07. The van der Waals surface area contributed by atoms with Crippen LogP contribution >= 0.6 is 11.6 Å². The van der Waals surface area contributed by atoms with Crippen LogP contribution in [0.25, 0.3) is 0 Å². The standard InChI is InChI=1S/C17H20ClNO4S/c1-5-23-15-8-9-17(12(3)11(15)2)24(20,21)19-14-10-13(18)6-7-16(14)22-4/h6-10,19H,5H2,1-4H3. The summed E-state index contributed by atoms with van der Waals surface area (Å²) >= 11 is 5.95. The average molecular weight is 370 g/mol. The van der Waals surface area contributed by atoms with Crippen LogP contribution in [0.15, 0.2) is 35.2 Å². The molecular weight excluding hydrogens is 350 g/mol. The van der Waals surface area contributed by atoms with Gasteiger partial charge in [0.2, 0.25) is 0 Å². The van der Waals surface area contributed by atoms with Gasteiger partial charge in [0.05, 0.1) is 24.3 Å². The van der Waals surface area contributed by atoms with E-state index in [9.17, 15) is 8.42 Å². The van der Waals surface area contributed by atoms with Gasteiger partial charge < -0.3 is 9.47 Å². The molecule has 1 N–H and O–H groups in total.